The maximum Gasteiger partial charge on any atom is 0.138 e. The molecular weight excluding hydrogens is 236 g/mol. The lowest BCUT2D eigenvalue weighted by molar-refractivity contribution is 0.860. The monoisotopic (exact) mass is 248 g/mol. The van der Waals surface area contributed by atoms with Gasteiger partial charge in [0.2, 0.25) is 0 Å². The summed E-state index contributed by atoms with van der Waals surface area (Å²) in [6.07, 6.45) is 5.73. The van der Waals surface area contributed by atoms with Crippen LogP contribution in [0.15, 0.2) is 30.9 Å². The van der Waals surface area contributed by atoms with Gasteiger partial charge >= 0.3 is 0 Å². The Labute approximate surface area is 105 Å². The van der Waals surface area contributed by atoms with Crippen molar-refractivity contribution in [2.45, 2.75) is 12.8 Å². The number of rotatable bonds is 2. The highest BCUT2D eigenvalue weighted by Gasteiger charge is 2.17. The molecule has 88 valence electrons. The van der Waals surface area contributed by atoms with Crippen LogP contribution in [0.3, 0.4) is 0 Å². The van der Waals surface area contributed by atoms with Crippen LogP contribution in [0.4, 0.5) is 5.69 Å². The van der Waals surface area contributed by atoms with Gasteiger partial charge in [-0.25, -0.2) is 9.67 Å². The van der Waals surface area contributed by atoms with Crippen LogP contribution in [0.2, 0.25) is 5.02 Å². The summed E-state index contributed by atoms with van der Waals surface area (Å²) in [6.45, 7) is 2.17. The van der Waals surface area contributed by atoms with Gasteiger partial charge in [0.1, 0.15) is 12.7 Å². The molecule has 1 saturated heterocycles. The van der Waals surface area contributed by atoms with Crippen LogP contribution in [-0.2, 0) is 0 Å². The van der Waals surface area contributed by atoms with Crippen LogP contribution in [0.25, 0.3) is 5.69 Å². The number of hydrogen-bond acceptors (Lipinski definition) is 3. The minimum absolute atomic E-state index is 0.760. The summed E-state index contributed by atoms with van der Waals surface area (Å²) in [5.74, 6) is 0. The van der Waals surface area contributed by atoms with Crippen molar-refractivity contribution in [1.82, 2.24) is 14.8 Å². The fraction of sp³-hybridized carbons (Fsp3) is 0.333. The summed E-state index contributed by atoms with van der Waals surface area (Å²) in [7, 11) is 0. The summed E-state index contributed by atoms with van der Waals surface area (Å²) >= 11 is 6.08. The molecule has 5 heteroatoms. The molecular formula is C12H13ClN4. The number of benzene rings is 1. The maximum atomic E-state index is 6.08. The molecule has 0 spiro atoms. The predicted octanol–water partition coefficient (Wildman–Crippen LogP) is 2.52. The lowest BCUT2D eigenvalue weighted by Gasteiger charge is -2.21. The second-order valence-electron chi connectivity index (χ2n) is 4.17. The van der Waals surface area contributed by atoms with Crippen LogP contribution in [0.5, 0.6) is 0 Å². The molecule has 0 radical (unpaired) electrons. The Morgan fingerprint density at radius 3 is 2.65 bits per heavy atom. The predicted molar refractivity (Wildman–Crippen MR) is 67.8 cm³/mol. The van der Waals surface area contributed by atoms with Gasteiger partial charge in [0.25, 0.3) is 0 Å². The first-order chi connectivity index (χ1) is 8.34. The van der Waals surface area contributed by atoms with E-state index in [0.717, 1.165) is 29.5 Å². The van der Waals surface area contributed by atoms with Gasteiger partial charge in [-0.05, 0) is 31.0 Å². The van der Waals surface area contributed by atoms with Crippen molar-refractivity contribution in [3.63, 3.8) is 0 Å². The lowest BCUT2D eigenvalue weighted by Crippen LogP contribution is -2.19. The minimum Gasteiger partial charge on any atom is -0.370 e. The van der Waals surface area contributed by atoms with Crippen molar-refractivity contribution in [3.05, 3.63) is 35.9 Å². The average molecular weight is 249 g/mol. The van der Waals surface area contributed by atoms with E-state index in [0.29, 0.717) is 0 Å². The molecule has 1 aromatic heterocycles. The van der Waals surface area contributed by atoms with E-state index in [-0.39, 0.29) is 0 Å². The molecule has 3 rings (SSSR count). The van der Waals surface area contributed by atoms with Crippen molar-refractivity contribution in [1.29, 1.82) is 0 Å². The highest BCUT2D eigenvalue weighted by molar-refractivity contribution is 6.31. The van der Waals surface area contributed by atoms with Crippen LogP contribution in [-0.4, -0.2) is 27.9 Å². The van der Waals surface area contributed by atoms with Gasteiger partial charge in [-0.3, -0.25) is 0 Å². The van der Waals surface area contributed by atoms with Crippen molar-refractivity contribution in [2.24, 2.45) is 0 Å². The third-order valence-electron chi connectivity index (χ3n) is 3.05. The first kappa shape index (κ1) is 10.6. The Morgan fingerprint density at radius 1 is 1.12 bits per heavy atom. The molecule has 0 unspecified atom stereocenters. The Kier molecular flexibility index (Phi) is 2.73. The van der Waals surface area contributed by atoms with Gasteiger partial charge in [-0.1, -0.05) is 11.6 Å². The van der Waals surface area contributed by atoms with Crippen molar-refractivity contribution in [2.75, 3.05) is 18.0 Å². The number of nitrogens with zero attached hydrogens (tertiary/aromatic N) is 4. The third-order valence-corrected chi connectivity index (χ3v) is 3.28. The zero-order valence-electron chi connectivity index (χ0n) is 9.38. The van der Waals surface area contributed by atoms with Gasteiger partial charge in [-0.15, -0.1) is 0 Å². The minimum atomic E-state index is 0.760. The smallest absolute Gasteiger partial charge is 0.138 e. The third kappa shape index (κ3) is 2.00. The van der Waals surface area contributed by atoms with Gasteiger partial charge in [0.15, 0.2) is 0 Å². The zero-order valence-corrected chi connectivity index (χ0v) is 10.1. The van der Waals surface area contributed by atoms with Crippen LogP contribution < -0.4 is 4.90 Å². The van der Waals surface area contributed by atoms with E-state index in [1.54, 1.807) is 17.3 Å². The topological polar surface area (TPSA) is 34.0 Å². The van der Waals surface area contributed by atoms with Gasteiger partial charge in [0, 0.05) is 18.1 Å². The summed E-state index contributed by atoms with van der Waals surface area (Å²) in [5, 5.41) is 4.94. The molecule has 2 heterocycles. The fourth-order valence-corrected chi connectivity index (χ4v) is 2.40. The first-order valence-electron chi connectivity index (χ1n) is 5.74. The molecule has 0 amide bonds. The lowest BCUT2D eigenvalue weighted by atomic mass is 10.2. The SMILES string of the molecule is Clc1ccc(-n2cncn2)c(N2CCCC2)c1. The highest BCUT2D eigenvalue weighted by atomic mass is 35.5. The highest BCUT2D eigenvalue weighted by Crippen LogP contribution is 2.29. The summed E-state index contributed by atoms with van der Waals surface area (Å²) in [6, 6.07) is 5.88. The molecule has 0 saturated carbocycles. The largest absolute Gasteiger partial charge is 0.370 e. The molecule has 17 heavy (non-hydrogen) atoms. The number of hydrogen-bond donors (Lipinski definition) is 0. The summed E-state index contributed by atoms with van der Waals surface area (Å²) < 4.78 is 1.78. The van der Waals surface area contributed by atoms with E-state index < -0.39 is 0 Å². The van der Waals surface area contributed by atoms with Gasteiger partial charge in [-0.2, -0.15) is 5.10 Å². The quantitative estimate of drug-likeness (QED) is 0.819. The van der Waals surface area contributed by atoms with E-state index in [1.165, 1.54) is 12.8 Å². The van der Waals surface area contributed by atoms with Gasteiger partial charge in [0.05, 0.1) is 11.4 Å². The molecule has 0 atom stereocenters. The zero-order chi connectivity index (χ0) is 11.7. The normalized spacial score (nSPS) is 15.5. The molecule has 1 aromatic carbocycles. The summed E-state index contributed by atoms with van der Waals surface area (Å²) in [4.78, 5) is 6.34. The second kappa shape index (κ2) is 4.37. The Morgan fingerprint density at radius 2 is 1.94 bits per heavy atom. The van der Waals surface area contributed by atoms with Crippen molar-refractivity contribution >= 4 is 17.3 Å². The average Bonchev–Trinajstić information content (AvgIpc) is 3.02. The Balaban J connectivity index is 2.07. The molecule has 1 fully saturated rings. The van der Waals surface area contributed by atoms with E-state index >= 15 is 0 Å². The Bertz CT molecular complexity index is 503. The van der Waals surface area contributed by atoms with Crippen LogP contribution in [0.1, 0.15) is 12.8 Å². The standard InChI is InChI=1S/C12H13ClN4/c13-10-3-4-11(17-9-14-8-15-17)12(7-10)16-5-1-2-6-16/h3-4,7-9H,1-2,5-6H2. The van der Waals surface area contributed by atoms with Crippen molar-refractivity contribution < 1.29 is 0 Å². The molecule has 1 aliphatic rings. The summed E-state index contributed by atoms with van der Waals surface area (Å²) in [5.41, 5.74) is 2.18. The molecule has 0 aliphatic carbocycles. The number of anilines is 1. The molecule has 2 aromatic rings. The van der Waals surface area contributed by atoms with E-state index in [2.05, 4.69) is 15.0 Å². The molecule has 0 bridgehead atoms. The second-order valence-corrected chi connectivity index (χ2v) is 4.60. The van der Waals surface area contributed by atoms with Crippen molar-refractivity contribution in [3.8, 4) is 5.69 Å². The molecule has 0 N–H and O–H groups in total. The van der Waals surface area contributed by atoms with Crippen LogP contribution >= 0.6 is 11.6 Å². The maximum absolute atomic E-state index is 6.08. The number of aromatic nitrogens is 3. The first-order valence-corrected chi connectivity index (χ1v) is 6.12. The van der Waals surface area contributed by atoms with E-state index in [4.69, 9.17) is 11.6 Å². The molecule has 1 aliphatic heterocycles. The number of halogens is 1. The van der Waals surface area contributed by atoms with Crippen LogP contribution in [0, 0.1) is 0 Å². The Hall–Kier alpha value is -1.55. The molecule has 4 nitrogen and oxygen atoms in total. The van der Waals surface area contributed by atoms with E-state index in [1.807, 2.05) is 18.2 Å². The van der Waals surface area contributed by atoms with E-state index in [9.17, 15) is 0 Å². The fourth-order valence-electron chi connectivity index (χ4n) is 2.23. The van der Waals surface area contributed by atoms with Gasteiger partial charge < -0.3 is 4.90 Å².